The Morgan fingerprint density at radius 1 is 1.45 bits per heavy atom. The molecule has 2 heterocycles. The zero-order chi connectivity index (χ0) is 15.8. The summed E-state index contributed by atoms with van der Waals surface area (Å²) in [5, 5.41) is 3.00. The number of methoxy groups -OCH3 is 2. The first-order valence-corrected chi connectivity index (χ1v) is 7.72. The number of rotatable bonds is 8. The smallest absolute Gasteiger partial charge is 0.252 e. The summed E-state index contributed by atoms with van der Waals surface area (Å²) in [6, 6.07) is 3.43. The Hall–Kier alpha value is -1.66. The minimum absolute atomic E-state index is 0.0759. The fraction of sp³-hybridized carbons (Fsp3) is 0.625. The monoisotopic (exact) mass is 307 g/mol. The number of carbonyl (C=O) groups is 1. The second-order valence-electron chi connectivity index (χ2n) is 5.60. The van der Waals surface area contributed by atoms with Crippen molar-refractivity contribution in [3.05, 3.63) is 23.9 Å². The lowest BCUT2D eigenvalue weighted by molar-refractivity contribution is 0.0947. The number of hydrogen-bond acceptors (Lipinski definition) is 5. The van der Waals surface area contributed by atoms with Crippen molar-refractivity contribution in [1.29, 1.82) is 0 Å². The van der Waals surface area contributed by atoms with E-state index in [4.69, 9.17) is 9.47 Å². The molecule has 6 heteroatoms. The Morgan fingerprint density at radius 3 is 3.00 bits per heavy atom. The number of likely N-dealkylation sites (tertiary alicyclic amines) is 1. The summed E-state index contributed by atoms with van der Waals surface area (Å²) < 4.78 is 10.1. The van der Waals surface area contributed by atoms with Crippen LogP contribution in [0.5, 0.6) is 5.88 Å². The maximum absolute atomic E-state index is 12.1. The third kappa shape index (κ3) is 4.96. The number of nitrogens with zero attached hydrogens (tertiary/aromatic N) is 2. The Bertz CT molecular complexity index is 464. The van der Waals surface area contributed by atoms with Crippen molar-refractivity contribution in [2.75, 3.05) is 47.0 Å². The summed E-state index contributed by atoms with van der Waals surface area (Å²) in [5.74, 6) is 0.963. The molecule has 2 rings (SSSR count). The third-order valence-electron chi connectivity index (χ3n) is 3.95. The Kier molecular flexibility index (Phi) is 6.61. The van der Waals surface area contributed by atoms with Gasteiger partial charge in [0.1, 0.15) is 0 Å². The standard InChI is InChI=1S/C16H25N3O3/c1-21-9-3-7-19-8-6-13(12-19)10-18-16(20)14-4-5-15(22-2)17-11-14/h4-5,11,13H,3,6-10,12H2,1-2H3,(H,18,20)/t13-/m1/s1. The first kappa shape index (κ1) is 16.7. The van der Waals surface area contributed by atoms with E-state index in [2.05, 4.69) is 15.2 Å². The van der Waals surface area contributed by atoms with Gasteiger partial charge >= 0.3 is 0 Å². The second-order valence-corrected chi connectivity index (χ2v) is 5.60. The molecule has 1 amide bonds. The molecule has 22 heavy (non-hydrogen) atoms. The van der Waals surface area contributed by atoms with Crippen molar-refractivity contribution in [2.24, 2.45) is 5.92 Å². The summed E-state index contributed by atoms with van der Waals surface area (Å²) in [7, 11) is 3.29. The van der Waals surface area contributed by atoms with Gasteiger partial charge in [-0.15, -0.1) is 0 Å². The van der Waals surface area contributed by atoms with Gasteiger partial charge in [-0.05, 0) is 31.4 Å². The highest BCUT2D eigenvalue weighted by Crippen LogP contribution is 2.15. The van der Waals surface area contributed by atoms with Gasteiger partial charge in [0.05, 0.1) is 12.7 Å². The molecule has 0 aromatic carbocycles. The van der Waals surface area contributed by atoms with Gasteiger partial charge in [0.2, 0.25) is 5.88 Å². The molecule has 1 saturated heterocycles. The zero-order valence-electron chi connectivity index (χ0n) is 13.4. The number of amides is 1. The Labute approximate surface area is 131 Å². The summed E-state index contributed by atoms with van der Waals surface area (Å²) in [6.45, 7) is 4.74. The molecule has 6 nitrogen and oxygen atoms in total. The quantitative estimate of drug-likeness (QED) is 0.731. The molecule has 1 aliphatic rings. The van der Waals surface area contributed by atoms with Crippen LogP contribution in [-0.4, -0.2) is 62.8 Å². The van der Waals surface area contributed by atoms with Gasteiger partial charge in [-0.1, -0.05) is 0 Å². The van der Waals surface area contributed by atoms with Crippen molar-refractivity contribution < 1.29 is 14.3 Å². The third-order valence-corrected chi connectivity index (χ3v) is 3.95. The lowest BCUT2D eigenvalue weighted by atomic mass is 10.1. The lowest BCUT2D eigenvalue weighted by Gasteiger charge is -2.16. The van der Waals surface area contributed by atoms with E-state index in [9.17, 15) is 4.79 Å². The van der Waals surface area contributed by atoms with Crippen molar-refractivity contribution in [1.82, 2.24) is 15.2 Å². The SMILES string of the molecule is COCCCN1CC[C@H](CNC(=O)c2ccc(OC)nc2)C1. The van der Waals surface area contributed by atoms with Crippen LogP contribution in [0, 0.1) is 5.92 Å². The maximum Gasteiger partial charge on any atom is 0.252 e. The van der Waals surface area contributed by atoms with E-state index in [1.54, 1.807) is 32.5 Å². The van der Waals surface area contributed by atoms with E-state index >= 15 is 0 Å². The van der Waals surface area contributed by atoms with Crippen LogP contribution in [0.2, 0.25) is 0 Å². The Morgan fingerprint density at radius 2 is 2.32 bits per heavy atom. The molecule has 1 aromatic rings. The second kappa shape index (κ2) is 8.70. The van der Waals surface area contributed by atoms with Gasteiger partial charge in [-0.3, -0.25) is 4.79 Å². The highest BCUT2D eigenvalue weighted by atomic mass is 16.5. The molecule has 1 fully saturated rings. The molecule has 0 saturated carbocycles. The van der Waals surface area contributed by atoms with Crippen LogP contribution in [0.1, 0.15) is 23.2 Å². The fourth-order valence-electron chi connectivity index (χ4n) is 2.69. The van der Waals surface area contributed by atoms with E-state index in [-0.39, 0.29) is 5.91 Å². The molecule has 1 aromatic heterocycles. The maximum atomic E-state index is 12.1. The van der Waals surface area contributed by atoms with Crippen LogP contribution in [0.25, 0.3) is 0 Å². The van der Waals surface area contributed by atoms with E-state index in [1.165, 1.54) is 0 Å². The van der Waals surface area contributed by atoms with Crippen molar-refractivity contribution in [3.8, 4) is 5.88 Å². The van der Waals surface area contributed by atoms with Gasteiger partial charge in [-0.25, -0.2) is 4.98 Å². The molecule has 122 valence electrons. The van der Waals surface area contributed by atoms with Crippen LogP contribution in [0.15, 0.2) is 18.3 Å². The summed E-state index contributed by atoms with van der Waals surface area (Å²) in [6.07, 6.45) is 3.74. The van der Waals surface area contributed by atoms with Crippen LogP contribution in [-0.2, 0) is 4.74 Å². The first-order valence-electron chi connectivity index (χ1n) is 7.72. The zero-order valence-corrected chi connectivity index (χ0v) is 13.4. The molecule has 1 atom stereocenters. The molecular weight excluding hydrogens is 282 g/mol. The molecule has 0 aliphatic carbocycles. The molecular formula is C16H25N3O3. The number of ether oxygens (including phenoxy) is 2. The topological polar surface area (TPSA) is 63.7 Å². The number of nitrogens with one attached hydrogen (secondary N) is 1. The highest BCUT2D eigenvalue weighted by molar-refractivity contribution is 5.93. The van der Waals surface area contributed by atoms with Crippen LogP contribution >= 0.6 is 0 Å². The predicted octanol–water partition coefficient (Wildman–Crippen LogP) is 1.18. The van der Waals surface area contributed by atoms with Crippen molar-refractivity contribution in [2.45, 2.75) is 12.8 Å². The van der Waals surface area contributed by atoms with E-state index < -0.39 is 0 Å². The summed E-state index contributed by atoms with van der Waals surface area (Å²) in [5.41, 5.74) is 0.566. The summed E-state index contributed by atoms with van der Waals surface area (Å²) >= 11 is 0. The van der Waals surface area contributed by atoms with Gasteiger partial charge in [0, 0.05) is 45.6 Å². The molecule has 0 radical (unpaired) electrons. The van der Waals surface area contributed by atoms with Crippen LogP contribution in [0.3, 0.4) is 0 Å². The van der Waals surface area contributed by atoms with E-state index in [1.807, 2.05) is 0 Å². The largest absolute Gasteiger partial charge is 0.481 e. The highest BCUT2D eigenvalue weighted by Gasteiger charge is 2.22. The molecule has 1 aliphatic heterocycles. The first-order chi connectivity index (χ1) is 10.7. The average Bonchev–Trinajstić information content (AvgIpc) is 3.01. The fourth-order valence-corrected chi connectivity index (χ4v) is 2.69. The molecule has 0 unspecified atom stereocenters. The van der Waals surface area contributed by atoms with E-state index in [0.717, 1.165) is 39.1 Å². The van der Waals surface area contributed by atoms with Crippen molar-refractivity contribution >= 4 is 5.91 Å². The molecule has 1 N–H and O–H groups in total. The van der Waals surface area contributed by atoms with Gasteiger partial charge in [0.15, 0.2) is 0 Å². The Balaban J connectivity index is 1.70. The van der Waals surface area contributed by atoms with Gasteiger partial charge < -0.3 is 19.7 Å². The lowest BCUT2D eigenvalue weighted by Crippen LogP contribution is -2.31. The van der Waals surface area contributed by atoms with Crippen molar-refractivity contribution in [3.63, 3.8) is 0 Å². The normalized spacial score (nSPS) is 18.4. The number of pyridine rings is 1. The average molecular weight is 307 g/mol. The molecule has 0 bridgehead atoms. The summed E-state index contributed by atoms with van der Waals surface area (Å²) in [4.78, 5) is 18.6. The van der Waals surface area contributed by atoms with Crippen LogP contribution < -0.4 is 10.1 Å². The number of hydrogen-bond donors (Lipinski definition) is 1. The number of carbonyl (C=O) groups excluding carboxylic acids is 1. The minimum Gasteiger partial charge on any atom is -0.481 e. The van der Waals surface area contributed by atoms with E-state index in [0.29, 0.717) is 23.9 Å². The number of aromatic nitrogens is 1. The predicted molar refractivity (Wildman–Crippen MR) is 84.2 cm³/mol. The van der Waals surface area contributed by atoms with Gasteiger partial charge in [0.25, 0.3) is 5.91 Å². The van der Waals surface area contributed by atoms with Crippen LogP contribution in [0.4, 0.5) is 0 Å². The van der Waals surface area contributed by atoms with Gasteiger partial charge in [-0.2, -0.15) is 0 Å². The molecule has 0 spiro atoms. The minimum atomic E-state index is -0.0759.